The van der Waals surface area contributed by atoms with E-state index in [9.17, 15) is 0 Å². The first-order valence-corrected chi connectivity index (χ1v) is 8.55. The van der Waals surface area contributed by atoms with Crippen LogP contribution in [-0.4, -0.2) is 21.7 Å². The van der Waals surface area contributed by atoms with Gasteiger partial charge in [0.15, 0.2) is 5.82 Å². The van der Waals surface area contributed by atoms with Crippen LogP contribution in [0.25, 0.3) is 0 Å². The Bertz CT molecular complexity index is 838. The number of anilines is 3. The second-order valence-corrected chi connectivity index (χ2v) is 6.13. The van der Waals surface area contributed by atoms with Gasteiger partial charge in [-0.05, 0) is 37.1 Å². The van der Waals surface area contributed by atoms with E-state index in [1.54, 1.807) is 6.20 Å². The van der Waals surface area contributed by atoms with Crippen molar-refractivity contribution >= 4 is 29.1 Å². The summed E-state index contributed by atoms with van der Waals surface area (Å²) in [7, 11) is 0. The van der Waals surface area contributed by atoms with E-state index in [4.69, 9.17) is 11.6 Å². The van der Waals surface area contributed by atoms with Gasteiger partial charge in [0, 0.05) is 23.8 Å². The Morgan fingerprint density at radius 2 is 1.92 bits per heavy atom. The third-order valence-electron chi connectivity index (χ3n) is 3.90. The third-order valence-corrected chi connectivity index (χ3v) is 4.30. The fourth-order valence-corrected chi connectivity index (χ4v) is 2.64. The summed E-state index contributed by atoms with van der Waals surface area (Å²) in [5.74, 6) is 1.23. The Labute approximate surface area is 152 Å². The molecule has 0 aliphatic rings. The molecular formula is C19H20ClN5. The van der Waals surface area contributed by atoms with Gasteiger partial charge < -0.3 is 10.2 Å². The molecule has 1 N–H and O–H groups in total. The maximum Gasteiger partial charge on any atom is 0.249 e. The lowest BCUT2D eigenvalue weighted by molar-refractivity contribution is 0.798. The van der Waals surface area contributed by atoms with Crippen molar-refractivity contribution in [3.05, 3.63) is 70.9 Å². The number of rotatable bonds is 6. The molecule has 2 aromatic carbocycles. The van der Waals surface area contributed by atoms with Crippen LogP contribution >= 0.6 is 11.6 Å². The summed E-state index contributed by atoms with van der Waals surface area (Å²) in [6.45, 7) is 5.65. The summed E-state index contributed by atoms with van der Waals surface area (Å²) < 4.78 is 0. The maximum absolute atomic E-state index is 6.17. The molecule has 1 heterocycles. The Kier molecular flexibility index (Phi) is 5.46. The van der Waals surface area contributed by atoms with Gasteiger partial charge in [-0.25, -0.2) is 0 Å². The first kappa shape index (κ1) is 17.2. The molecule has 0 saturated carbocycles. The third kappa shape index (κ3) is 4.45. The molecule has 0 fully saturated rings. The van der Waals surface area contributed by atoms with Crippen LogP contribution in [0.3, 0.4) is 0 Å². The maximum atomic E-state index is 6.17. The molecule has 25 heavy (non-hydrogen) atoms. The van der Waals surface area contributed by atoms with E-state index >= 15 is 0 Å². The van der Waals surface area contributed by atoms with Crippen LogP contribution in [0.1, 0.15) is 18.1 Å². The van der Waals surface area contributed by atoms with Gasteiger partial charge in [0.2, 0.25) is 5.95 Å². The van der Waals surface area contributed by atoms with E-state index in [0.717, 1.165) is 30.2 Å². The van der Waals surface area contributed by atoms with Crippen molar-refractivity contribution in [1.82, 2.24) is 15.2 Å². The van der Waals surface area contributed by atoms with E-state index in [0.29, 0.717) is 11.0 Å². The van der Waals surface area contributed by atoms with E-state index in [1.165, 1.54) is 5.56 Å². The zero-order valence-electron chi connectivity index (χ0n) is 14.3. The number of hydrogen-bond acceptors (Lipinski definition) is 5. The quantitative estimate of drug-likeness (QED) is 0.701. The van der Waals surface area contributed by atoms with Crippen LogP contribution in [-0.2, 0) is 6.54 Å². The topological polar surface area (TPSA) is 53.9 Å². The number of aromatic nitrogens is 3. The van der Waals surface area contributed by atoms with Gasteiger partial charge >= 0.3 is 0 Å². The highest BCUT2D eigenvalue weighted by Crippen LogP contribution is 2.22. The van der Waals surface area contributed by atoms with Crippen LogP contribution in [0.15, 0.2) is 54.7 Å². The molecule has 3 aromatic rings. The van der Waals surface area contributed by atoms with Gasteiger partial charge in [0.1, 0.15) is 0 Å². The summed E-state index contributed by atoms with van der Waals surface area (Å²) in [5, 5.41) is 12.0. The summed E-state index contributed by atoms with van der Waals surface area (Å²) >= 11 is 6.17. The molecule has 6 heteroatoms. The van der Waals surface area contributed by atoms with Crippen molar-refractivity contribution in [2.24, 2.45) is 0 Å². The van der Waals surface area contributed by atoms with Crippen LogP contribution in [0.5, 0.6) is 0 Å². The van der Waals surface area contributed by atoms with E-state index in [1.807, 2.05) is 43.3 Å². The predicted molar refractivity (Wildman–Crippen MR) is 102 cm³/mol. The molecule has 0 unspecified atom stereocenters. The van der Waals surface area contributed by atoms with Gasteiger partial charge in [-0.1, -0.05) is 48.0 Å². The zero-order chi connectivity index (χ0) is 17.6. The van der Waals surface area contributed by atoms with Gasteiger partial charge in [0.25, 0.3) is 0 Å². The smallest absolute Gasteiger partial charge is 0.249 e. The zero-order valence-corrected chi connectivity index (χ0v) is 15.0. The lowest BCUT2D eigenvalue weighted by Gasteiger charge is -2.21. The summed E-state index contributed by atoms with van der Waals surface area (Å²) in [4.78, 5) is 6.74. The standard InChI is InChI=1S/C19H20ClN5/c1-3-25(13-15-7-5-4-6-8-15)18-12-21-24-19(23-18)22-16-10-9-14(2)17(20)11-16/h4-12H,3,13H2,1-2H3,(H,22,23,24). The molecule has 0 radical (unpaired) electrons. The summed E-state index contributed by atoms with van der Waals surface area (Å²) in [6.07, 6.45) is 1.68. The van der Waals surface area contributed by atoms with Crippen molar-refractivity contribution in [2.45, 2.75) is 20.4 Å². The van der Waals surface area contributed by atoms with Crippen LogP contribution < -0.4 is 10.2 Å². The Hall–Kier alpha value is -2.66. The normalized spacial score (nSPS) is 10.5. The highest BCUT2D eigenvalue weighted by atomic mass is 35.5. The molecule has 5 nitrogen and oxygen atoms in total. The van der Waals surface area contributed by atoms with E-state index in [2.05, 4.69) is 44.5 Å². The van der Waals surface area contributed by atoms with E-state index in [-0.39, 0.29) is 0 Å². The molecule has 0 atom stereocenters. The minimum absolute atomic E-state index is 0.448. The van der Waals surface area contributed by atoms with Crippen molar-refractivity contribution < 1.29 is 0 Å². The predicted octanol–water partition coefficient (Wildman–Crippen LogP) is 4.60. The number of nitrogens with zero attached hydrogens (tertiary/aromatic N) is 4. The number of halogens is 1. The van der Waals surface area contributed by atoms with Crippen LogP contribution in [0.4, 0.5) is 17.5 Å². The van der Waals surface area contributed by atoms with Gasteiger partial charge in [-0.3, -0.25) is 0 Å². The fourth-order valence-electron chi connectivity index (χ4n) is 2.46. The minimum Gasteiger partial charge on any atom is -0.351 e. The molecule has 1 aromatic heterocycles. The number of aryl methyl sites for hydroxylation is 1. The van der Waals surface area contributed by atoms with Crippen molar-refractivity contribution in [1.29, 1.82) is 0 Å². The first-order chi connectivity index (χ1) is 12.2. The Morgan fingerprint density at radius 1 is 1.12 bits per heavy atom. The van der Waals surface area contributed by atoms with Gasteiger partial charge in [-0.2, -0.15) is 10.1 Å². The molecule has 0 spiro atoms. The first-order valence-electron chi connectivity index (χ1n) is 8.17. The van der Waals surface area contributed by atoms with Crippen LogP contribution in [0, 0.1) is 6.92 Å². The molecule has 3 rings (SSSR count). The van der Waals surface area contributed by atoms with E-state index < -0.39 is 0 Å². The number of nitrogens with one attached hydrogen (secondary N) is 1. The molecule has 0 amide bonds. The second-order valence-electron chi connectivity index (χ2n) is 5.73. The summed E-state index contributed by atoms with van der Waals surface area (Å²) in [6, 6.07) is 16.0. The van der Waals surface area contributed by atoms with Crippen molar-refractivity contribution in [2.75, 3.05) is 16.8 Å². The van der Waals surface area contributed by atoms with Crippen molar-refractivity contribution in [3.63, 3.8) is 0 Å². The fraction of sp³-hybridized carbons (Fsp3) is 0.211. The number of benzene rings is 2. The van der Waals surface area contributed by atoms with Gasteiger partial charge in [0.05, 0.1) is 6.20 Å². The van der Waals surface area contributed by atoms with Gasteiger partial charge in [-0.15, -0.1) is 5.10 Å². The molecule has 0 saturated heterocycles. The molecule has 0 bridgehead atoms. The SMILES string of the molecule is CCN(Cc1ccccc1)c1cnnc(Nc2ccc(C)c(Cl)c2)n1. The Balaban J connectivity index is 1.78. The van der Waals surface area contributed by atoms with Crippen LogP contribution in [0.2, 0.25) is 5.02 Å². The lowest BCUT2D eigenvalue weighted by atomic mass is 10.2. The molecular weight excluding hydrogens is 334 g/mol. The number of hydrogen-bond donors (Lipinski definition) is 1. The highest BCUT2D eigenvalue weighted by molar-refractivity contribution is 6.31. The molecule has 128 valence electrons. The second kappa shape index (κ2) is 7.94. The monoisotopic (exact) mass is 353 g/mol. The largest absolute Gasteiger partial charge is 0.351 e. The molecule has 0 aliphatic carbocycles. The highest BCUT2D eigenvalue weighted by Gasteiger charge is 2.09. The Morgan fingerprint density at radius 3 is 2.64 bits per heavy atom. The summed E-state index contributed by atoms with van der Waals surface area (Å²) in [5.41, 5.74) is 3.09. The lowest BCUT2D eigenvalue weighted by Crippen LogP contribution is -2.23. The molecule has 0 aliphatic heterocycles. The van der Waals surface area contributed by atoms with Crippen molar-refractivity contribution in [3.8, 4) is 0 Å². The average Bonchev–Trinajstić information content (AvgIpc) is 2.64. The minimum atomic E-state index is 0.448. The average molecular weight is 354 g/mol.